The largest absolute Gasteiger partial charge is 0.465 e. The highest BCUT2D eigenvalue weighted by Gasteiger charge is 2.37. The molecule has 0 bridgehead atoms. The second kappa shape index (κ2) is 6.86. The third kappa shape index (κ3) is 3.83. The number of carboxylic acid groups (broad SMARTS) is 1. The molecule has 3 amide bonds. The van der Waals surface area contributed by atoms with Crippen molar-refractivity contribution in [2.75, 3.05) is 6.54 Å². The second-order valence-corrected chi connectivity index (χ2v) is 7.78. The van der Waals surface area contributed by atoms with Crippen molar-refractivity contribution in [3.8, 4) is 0 Å². The molecule has 0 fully saturated rings. The predicted molar refractivity (Wildman–Crippen MR) is 94.7 cm³/mol. The average Bonchev–Trinajstić information content (AvgIpc) is 2.71. The SMILES string of the molecule is C[C@@H](C[C@@H](C)N(C(=O)O)C(C)(C)C)CN1C(=O)c2ccccc2C1=O. The van der Waals surface area contributed by atoms with Crippen LogP contribution >= 0.6 is 0 Å². The molecule has 0 spiro atoms. The highest BCUT2D eigenvalue weighted by Crippen LogP contribution is 2.26. The van der Waals surface area contributed by atoms with Crippen molar-refractivity contribution < 1.29 is 19.5 Å². The van der Waals surface area contributed by atoms with Crippen LogP contribution in [0.15, 0.2) is 24.3 Å². The Hall–Kier alpha value is -2.37. The summed E-state index contributed by atoms with van der Waals surface area (Å²) in [6.45, 7) is 9.64. The van der Waals surface area contributed by atoms with Gasteiger partial charge in [0.1, 0.15) is 0 Å². The van der Waals surface area contributed by atoms with Crippen LogP contribution in [0, 0.1) is 5.92 Å². The minimum Gasteiger partial charge on any atom is -0.465 e. The molecule has 136 valence electrons. The van der Waals surface area contributed by atoms with Crippen molar-refractivity contribution in [3.63, 3.8) is 0 Å². The molecule has 25 heavy (non-hydrogen) atoms. The number of carbonyl (C=O) groups is 3. The Morgan fingerprint density at radius 1 is 1.12 bits per heavy atom. The lowest BCUT2D eigenvalue weighted by Crippen LogP contribution is -2.51. The van der Waals surface area contributed by atoms with Crippen LogP contribution in [0.3, 0.4) is 0 Å². The van der Waals surface area contributed by atoms with Gasteiger partial charge in [0.15, 0.2) is 0 Å². The van der Waals surface area contributed by atoms with E-state index in [9.17, 15) is 19.5 Å². The van der Waals surface area contributed by atoms with E-state index < -0.39 is 11.6 Å². The lowest BCUT2D eigenvalue weighted by Gasteiger charge is -2.39. The van der Waals surface area contributed by atoms with E-state index in [0.29, 0.717) is 17.5 Å². The summed E-state index contributed by atoms with van der Waals surface area (Å²) in [5, 5.41) is 9.49. The van der Waals surface area contributed by atoms with Crippen LogP contribution in [0.2, 0.25) is 0 Å². The minimum absolute atomic E-state index is 0.0126. The topological polar surface area (TPSA) is 77.9 Å². The molecule has 1 aromatic carbocycles. The van der Waals surface area contributed by atoms with Crippen molar-refractivity contribution in [2.45, 2.75) is 52.6 Å². The van der Waals surface area contributed by atoms with E-state index in [4.69, 9.17) is 0 Å². The van der Waals surface area contributed by atoms with Gasteiger partial charge in [0, 0.05) is 18.1 Å². The maximum atomic E-state index is 12.4. The number of fused-ring (bicyclic) bond motifs is 1. The molecule has 2 atom stereocenters. The fraction of sp³-hybridized carbons (Fsp3) is 0.526. The van der Waals surface area contributed by atoms with Crippen molar-refractivity contribution in [2.24, 2.45) is 5.92 Å². The van der Waals surface area contributed by atoms with Gasteiger partial charge in [-0.15, -0.1) is 0 Å². The quantitative estimate of drug-likeness (QED) is 0.828. The third-order valence-electron chi connectivity index (χ3n) is 4.49. The molecule has 0 aromatic heterocycles. The molecule has 0 radical (unpaired) electrons. The molecule has 0 unspecified atom stereocenters. The summed E-state index contributed by atoms with van der Waals surface area (Å²) in [5.41, 5.74) is 0.365. The zero-order valence-corrected chi connectivity index (χ0v) is 15.4. The Labute approximate surface area is 148 Å². The Morgan fingerprint density at radius 2 is 1.60 bits per heavy atom. The van der Waals surface area contributed by atoms with Gasteiger partial charge in [-0.25, -0.2) is 4.79 Å². The lowest BCUT2D eigenvalue weighted by molar-refractivity contribution is 0.0553. The molecule has 6 nitrogen and oxygen atoms in total. The molecular weight excluding hydrogens is 320 g/mol. The summed E-state index contributed by atoms with van der Waals surface area (Å²) in [6.07, 6.45) is -0.398. The van der Waals surface area contributed by atoms with Crippen LogP contribution in [0.5, 0.6) is 0 Å². The van der Waals surface area contributed by atoms with E-state index in [-0.39, 0.29) is 30.3 Å². The smallest absolute Gasteiger partial charge is 0.407 e. The number of hydrogen-bond donors (Lipinski definition) is 1. The van der Waals surface area contributed by atoms with Crippen molar-refractivity contribution in [1.82, 2.24) is 9.80 Å². The highest BCUT2D eigenvalue weighted by atomic mass is 16.4. The molecule has 1 aliphatic rings. The number of nitrogens with zero attached hydrogens (tertiary/aromatic N) is 2. The standard InChI is InChI=1S/C19H26N2O4/c1-12(10-13(2)21(18(24)25)19(3,4)5)11-20-16(22)14-8-6-7-9-15(14)17(20)23/h6-9,12-13H,10-11H2,1-5H3,(H,24,25)/t12-,13+/m0/s1. The van der Waals surface area contributed by atoms with Crippen molar-refractivity contribution in [1.29, 1.82) is 0 Å². The first-order valence-corrected chi connectivity index (χ1v) is 8.51. The highest BCUT2D eigenvalue weighted by molar-refractivity contribution is 6.21. The van der Waals surface area contributed by atoms with Gasteiger partial charge in [0.25, 0.3) is 11.8 Å². The van der Waals surface area contributed by atoms with Gasteiger partial charge in [-0.1, -0.05) is 19.1 Å². The van der Waals surface area contributed by atoms with E-state index in [1.807, 2.05) is 34.6 Å². The molecule has 1 aliphatic heterocycles. The Morgan fingerprint density at radius 3 is 2.00 bits per heavy atom. The van der Waals surface area contributed by atoms with E-state index in [1.54, 1.807) is 24.3 Å². The third-order valence-corrected chi connectivity index (χ3v) is 4.49. The number of imide groups is 1. The van der Waals surface area contributed by atoms with Gasteiger partial charge in [0.05, 0.1) is 11.1 Å². The minimum atomic E-state index is -0.965. The summed E-state index contributed by atoms with van der Waals surface area (Å²) in [4.78, 5) is 39.1. The summed E-state index contributed by atoms with van der Waals surface area (Å²) in [7, 11) is 0. The number of hydrogen-bond acceptors (Lipinski definition) is 3. The van der Waals surface area contributed by atoms with Crippen molar-refractivity contribution in [3.05, 3.63) is 35.4 Å². The number of amides is 3. The fourth-order valence-corrected chi connectivity index (χ4v) is 3.62. The number of rotatable bonds is 5. The van der Waals surface area contributed by atoms with Crippen LogP contribution in [0.4, 0.5) is 4.79 Å². The van der Waals surface area contributed by atoms with E-state index >= 15 is 0 Å². The van der Waals surface area contributed by atoms with Gasteiger partial charge in [-0.3, -0.25) is 14.5 Å². The Balaban J connectivity index is 2.06. The van der Waals surface area contributed by atoms with Crippen LogP contribution in [-0.2, 0) is 0 Å². The van der Waals surface area contributed by atoms with Crippen molar-refractivity contribution >= 4 is 17.9 Å². The molecule has 0 saturated heterocycles. The van der Waals surface area contributed by atoms with Gasteiger partial charge in [-0.05, 0) is 52.2 Å². The number of benzene rings is 1. The summed E-state index contributed by atoms with van der Waals surface area (Å²) in [6, 6.07) is 6.59. The molecule has 2 rings (SSSR count). The molecule has 1 aromatic rings. The first-order valence-electron chi connectivity index (χ1n) is 8.51. The first-order chi connectivity index (χ1) is 11.5. The van der Waals surface area contributed by atoms with E-state index in [1.165, 1.54) is 9.80 Å². The normalized spacial score (nSPS) is 16.6. The molecule has 6 heteroatoms. The molecular formula is C19H26N2O4. The average molecular weight is 346 g/mol. The van der Waals surface area contributed by atoms with E-state index in [2.05, 4.69) is 0 Å². The molecule has 1 heterocycles. The Bertz CT molecular complexity index is 658. The lowest BCUT2D eigenvalue weighted by atomic mass is 9.97. The number of carbonyl (C=O) groups excluding carboxylic acids is 2. The first kappa shape index (κ1) is 19.0. The molecule has 0 saturated carbocycles. The summed E-state index contributed by atoms with van der Waals surface area (Å²) in [5.74, 6) is -0.557. The van der Waals surface area contributed by atoms with Gasteiger partial charge >= 0.3 is 6.09 Å². The molecule has 1 N–H and O–H groups in total. The summed E-state index contributed by atoms with van der Waals surface area (Å²) >= 11 is 0. The van der Waals surface area contributed by atoms with Crippen LogP contribution in [0.25, 0.3) is 0 Å². The fourth-order valence-electron chi connectivity index (χ4n) is 3.62. The molecule has 0 aliphatic carbocycles. The van der Waals surface area contributed by atoms with Gasteiger partial charge in [0.2, 0.25) is 0 Å². The summed E-state index contributed by atoms with van der Waals surface area (Å²) < 4.78 is 0. The zero-order valence-electron chi connectivity index (χ0n) is 15.4. The Kier molecular flexibility index (Phi) is 5.20. The van der Waals surface area contributed by atoms with Crippen LogP contribution < -0.4 is 0 Å². The monoisotopic (exact) mass is 346 g/mol. The van der Waals surface area contributed by atoms with Gasteiger partial charge in [-0.2, -0.15) is 0 Å². The maximum absolute atomic E-state index is 12.4. The van der Waals surface area contributed by atoms with Crippen LogP contribution in [-0.4, -0.2) is 50.9 Å². The maximum Gasteiger partial charge on any atom is 0.407 e. The van der Waals surface area contributed by atoms with Gasteiger partial charge < -0.3 is 10.0 Å². The van der Waals surface area contributed by atoms with Crippen LogP contribution in [0.1, 0.15) is 61.8 Å². The zero-order chi connectivity index (χ0) is 18.9. The second-order valence-electron chi connectivity index (χ2n) is 7.78. The van der Waals surface area contributed by atoms with E-state index in [0.717, 1.165) is 0 Å². The predicted octanol–water partition coefficient (Wildman–Crippen LogP) is 3.48.